The van der Waals surface area contributed by atoms with Crippen LogP contribution in [0.5, 0.6) is 0 Å². The summed E-state index contributed by atoms with van der Waals surface area (Å²) >= 11 is 6.39. The van der Waals surface area contributed by atoms with Gasteiger partial charge in [-0.2, -0.15) is 0 Å². The minimum Gasteiger partial charge on any atom is -0.378 e. The fourth-order valence-corrected chi connectivity index (χ4v) is 4.14. The summed E-state index contributed by atoms with van der Waals surface area (Å²) in [5.74, 6) is 0.639. The smallest absolute Gasteiger partial charge is 0.269 e. The largest absolute Gasteiger partial charge is 0.378 e. The quantitative estimate of drug-likeness (QED) is 0.453. The molecule has 3 atom stereocenters. The summed E-state index contributed by atoms with van der Waals surface area (Å²) in [6, 6.07) is 11.0. The van der Waals surface area contributed by atoms with Crippen molar-refractivity contribution in [3.05, 3.63) is 80.4 Å². The Hall–Kier alpha value is -2.33. The van der Waals surface area contributed by atoms with Crippen molar-refractivity contribution in [2.75, 3.05) is 5.32 Å². The van der Waals surface area contributed by atoms with E-state index in [1.807, 2.05) is 0 Å². The number of nitro benzene ring substituents is 1. The lowest BCUT2D eigenvalue weighted by molar-refractivity contribution is -0.384. The summed E-state index contributed by atoms with van der Waals surface area (Å²) in [7, 11) is 0. The second kappa shape index (κ2) is 5.64. The van der Waals surface area contributed by atoms with Crippen LogP contribution in [0.1, 0.15) is 35.1 Å². The SMILES string of the molecule is Cc1ccc2c(c1)[C@H]1C=CC[C@H]1[C@@H](c1cc([N+](=O)[O-])ccc1Cl)N2. The van der Waals surface area contributed by atoms with E-state index in [0.717, 1.165) is 17.7 Å². The molecular formula is C19H17ClN2O2. The zero-order valence-electron chi connectivity index (χ0n) is 13.2. The fraction of sp³-hybridized carbons (Fsp3) is 0.263. The van der Waals surface area contributed by atoms with E-state index in [9.17, 15) is 10.1 Å². The van der Waals surface area contributed by atoms with Crippen molar-refractivity contribution in [3.8, 4) is 0 Å². The molecule has 24 heavy (non-hydrogen) atoms. The van der Waals surface area contributed by atoms with Crippen LogP contribution in [0.15, 0.2) is 48.6 Å². The van der Waals surface area contributed by atoms with E-state index in [0.29, 0.717) is 16.9 Å². The molecule has 1 N–H and O–H groups in total. The van der Waals surface area contributed by atoms with Gasteiger partial charge in [-0.25, -0.2) is 0 Å². The molecule has 2 aromatic rings. The number of non-ortho nitro benzene ring substituents is 1. The van der Waals surface area contributed by atoms with Crippen molar-refractivity contribution in [1.82, 2.24) is 0 Å². The molecule has 0 fully saturated rings. The van der Waals surface area contributed by atoms with Crippen molar-refractivity contribution >= 4 is 23.0 Å². The number of aryl methyl sites for hydroxylation is 1. The highest BCUT2D eigenvalue weighted by molar-refractivity contribution is 6.31. The van der Waals surface area contributed by atoms with Crippen LogP contribution in [-0.4, -0.2) is 4.92 Å². The molecule has 4 nitrogen and oxygen atoms in total. The van der Waals surface area contributed by atoms with E-state index in [1.54, 1.807) is 12.1 Å². The van der Waals surface area contributed by atoms with Crippen molar-refractivity contribution in [3.63, 3.8) is 0 Å². The van der Waals surface area contributed by atoms with E-state index in [1.165, 1.54) is 17.2 Å². The molecule has 122 valence electrons. The normalized spacial score (nSPS) is 24.2. The number of nitrogens with zero attached hydrogens (tertiary/aromatic N) is 1. The number of fused-ring (bicyclic) bond motifs is 3. The van der Waals surface area contributed by atoms with Gasteiger partial charge in [0.15, 0.2) is 0 Å². The Morgan fingerprint density at radius 2 is 2.04 bits per heavy atom. The van der Waals surface area contributed by atoms with Gasteiger partial charge >= 0.3 is 0 Å². The van der Waals surface area contributed by atoms with E-state index in [2.05, 4.69) is 42.6 Å². The molecule has 0 bridgehead atoms. The first-order valence-corrected chi connectivity index (χ1v) is 8.40. The fourth-order valence-electron chi connectivity index (χ4n) is 3.90. The zero-order valence-corrected chi connectivity index (χ0v) is 14.0. The number of anilines is 1. The van der Waals surface area contributed by atoms with Gasteiger partial charge in [0.2, 0.25) is 0 Å². The maximum absolute atomic E-state index is 11.1. The first-order chi connectivity index (χ1) is 11.5. The molecule has 1 aliphatic heterocycles. The lowest BCUT2D eigenvalue weighted by Gasteiger charge is -2.38. The molecule has 4 rings (SSSR count). The molecule has 0 unspecified atom stereocenters. The summed E-state index contributed by atoms with van der Waals surface area (Å²) in [5, 5.41) is 15.3. The average molecular weight is 341 g/mol. The first kappa shape index (κ1) is 15.2. The Kier molecular flexibility index (Phi) is 3.57. The highest BCUT2D eigenvalue weighted by Gasteiger charge is 2.39. The number of allylic oxidation sites excluding steroid dienone is 2. The summed E-state index contributed by atoms with van der Waals surface area (Å²) < 4.78 is 0. The third-order valence-electron chi connectivity index (χ3n) is 5.04. The van der Waals surface area contributed by atoms with Crippen molar-refractivity contribution in [2.24, 2.45) is 5.92 Å². The van der Waals surface area contributed by atoms with Gasteiger partial charge in [-0.1, -0.05) is 41.4 Å². The Morgan fingerprint density at radius 1 is 1.21 bits per heavy atom. The predicted octanol–water partition coefficient (Wildman–Crippen LogP) is 5.38. The van der Waals surface area contributed by atoms with Gasteiger partial charge in [0.1, 0.15) is 0 Å². The van der Waals surface area contributed by atoms with Gasteiger partial charge in [0, 0.05) is 34.3 Å². The Balaban J connectivity index is 1.81. The molecular weight excluding hydrogens is 324 g/mol. The number of nitrogens with one attached hydrogen (secondary N) is 1. The third-order valence-corrected chi connectivity index (χ3v) is 5.39. The minimum atomic E-state index is -0.371. The molecule has 0 spiro atoms. The summed E-state index contributed by atoms with van der Waals surface area (Å²) in [6.07, 6.45) is 5.39. The molecule has 5 heteroatoms. The van der Waals surface area contributed by atoms with Gasteiger partial charge in [-0.15, -0.1) is 0 Å². The standard InChI is InChI=1S/C19H17ClN2O2/c1-11-5-8-18-15(9-11)13-3-2-4-14(13)19(21-18)16-10-12(22(23)24)6-7-17(16)20/h2-3,5-10,13-14,19,21H,4H2,1H3/t13-,14+,19-/m0/s1. The molecule has 0 amide bonds. The monoisotopic (exact) mass is 340 g/mol. The van der Waals surface area contributed by atoms with Crippen LogP contribution in [-0.2, 0) is 0 Å². The number of benzene rings is 2. The predicted molar refractivity (Wildman–Crippen MR) is 95.6 cm³/mol. The first-order valence-electron chi connectivity index (χ1n) is 8.02. The number of nitro groups is 1. The zero-order chi connectivity index (χ0) is 16.8. The van der Waals surface area contributed by atoms with Gasteiger partial charge < -0.3 is 5.32 Å². The number of rotatable bonds is 2. The topological polar surface area (TPSA) is 55.2 Å². The van der Waals surface area contributed by atoms with Crippen molar-refractivity contribution < 1.29 is 4.92 Å². The van der Waals surface area contributed by atoms with Crippen LogP contribution in [0, 0.1) is 23.0 Å². The van der Waals surface area contributed by atoms with Crippen LogP contribution in [0.2, 0.25) is 5.02 Å². The molecule has 0 saturated carbocycles. The molecule has 2 aromatic carbocycles. The van der Waals surface area contributed by atoms with Crippen LogP contribution < -0.4 is 5.32 Å². The van der Waals surface area contributed by atoms with E-state index < -0.39 is 0 Å². The van der Waals surface area contributed by atoms with E-state index in [4.69, 9.17) is 11.6 Å². The van der Waals surface area contributed by atoms with E-state index in [-0.39, 0.29) is 16.7 Å². The van der Waals surface area contributed by atoms with E-state index >= 15 is 0 Å². The molecule has 0 aromatic heterocycles. The van der Waals surface area contributed by atoms with Crippen LogP contribution >= 0.6 is 11.6 Å². The molecule has 2 aliphatic rings. The molecule has 1 heterocycles. The van der Waals surface area contributed by atoms with Crippen LogP contribution in [0.25, 0.3) is 0 Å². The summed E-state index contributed by atoms with van der Waals surface area (Å²) in [4.78, 5) is 10.8. The molecule has 1 aliphatic carbocycles. The molecule has 0 saturated heterocycles. The maximum atomic E-state index is 11.1. The van der Waals surface area contributed by atoms with Crippen molar-refractivity contribution in [2.45, 2.75) is 25.3 Å². The maximum Gasteiger partial charge on any atom is 0.269 e. The number of halogens is 1. The van der Waals surface area contributed by atoms with Gasteiger partial charge in [-0.05, 0) is 37.0 Å². The second-order valence-corrected chi connectivity index (χ2v) is 6.94. The highest BCUT2D eigenvalue weighted by atomic mass is 35.5. The summed E-state index contributed by atoms with van der Waals surface area (Å²) in [5.41, 5.74) is 4.50. The number of hydrogen-bond donors (Lipinski definition) is 1. The highest BCUT2D eigenvalue weighted by Crippen LogP contribution is 2.51. The van der Waals surface area contributed by atoms with Crippen LogP contribution in [0.4, 0.5) is 11.4 Å². The van der Waals surface area contributed by atoms with Crippen molar-refractivity contribution in [1.29, 1.82) is 0 Å². The Labute approximate surface area is 145 Å². The summed E-state index contributed by atoms with van der Waals surface area (Å²) in [6.45, 7) is 2.09. The lowest BCUT2D eigenvalue weighted by Crippen LogP contribution is -2.29. The Bertz CT molecular complexity index is 862. The van der Waals surface area contributed by atoms with Crippen LogP contribution in [0.3, 0.4) is 0 Å². The number of hydrogen-bond acceptors (Lipinski definition) is 3. The van der Waals surface area contributed by atoms with Gasteiger partial charge in [0.05, 0.1) is 11.0 Å². The second-order valence-electron chi connectivity index (χ2n) is 6.53. The van der Waals surface area contributed by atoms with Gasteiger partial charge in [0.25, 0.3) is 5.69 Å². The average Bonchev–Trinajstić information content (AvgIpc) is 3.04. The minimum absolute atomic E-state index is 0.0346. The lowest BCUT2D eigenvalue weighted by atomic mass is 9.76. The third kappa shape index (κ3) is 2.38. The molecule has 0 radical (unpaired) electrons. The Morgan fingerprint density at radius 3 is 2.83 bits per heavy atom. The van der Waals surface area contributed by atoms with Gasteiger partial charge in [-0.3, -0.25) is 10.1 Å².